The lowest BCUT2D eigenvalue weighted by Gasteiger charge is -2.46. The Hall–Kier alpha value is 0. The lowest BCUT2D eigenvalue weighted by Crippen LogP contribution is -2.34. The molecule has 0 heteroatoms. The molecule has 0 aliphatic heterocycles. The molecule has 0 N–H and O–H groups in total. The SMILES string of the molecule is [2H]C1C([2H])C2C([2H])C([2H])C12. The van der Waals surface area contributed by atoms with Crippen molar-refractivity contribution < 1.29 is 5.48 Å². The summed E-state index contributed by atoms with van der Waals surface area (Å²) in [7, 11) is 0. The highest BCUT2D eigenvalue weighted by Crippen LogP contribution is 2.49. The van der Waals surface area contributed by atoms with Crippen molar-refractivity contribution in [3.63, 3.8) is 0 Å². The first-order valence-corrected chi connectivity index (χ1v) is 2.33. The average molecular weight is 86.2 g/mol. The molecule has 0 saturated heterocycles. The Morgan fingerprint density at radius 2 is 1.33 bits per heavy atom. The summed E-state index contributed by atoms with van der Waals surface area (Å²) in [5, 5.41) is 0. The van der Waals surface area contributed by atoms with Crippen LogP contribution in [-0.2, 0) is 0 Å². The van der Waals surface area contributed by atoms with Gasteiger partial charge in [0.2, 0.25) is 0 Å². The zero-order valence-corrected chi connectivity index (χ0v) is 3.46. The molecule has 0 spiro atoms. The van der Waals surface area contributed by atoms with Crippen molar-refractivity contribution in [3.8, 4) is 0 Å². The molecule has 2 fully saturated rings. The van der Waals surface area contributed by atoms with Crippen molar-refractivity contribution in [2.24, 2.45) is 11.8 Å². The van der Waals surface area contributed by atoms with Crippen LogP contribution in [0.25, 0.3) is 0 Å². The Bertz CT molecular complexity index is 126. The second-order valence-electron chi connectivity index (χ2n) is 1.92. The third kappa shape index (κ3) is 0.184. The fraction of sp³-hybridized carbons (Fsp3) is 1.00. The smallest absolute Gasteiger partial charge is 0.0270 e. The van der Waals surface area contributed by atoms with E-state index in [1.807, 2.05) is 0 Å². The van der Waals surface area contributed by atoms with E-state index in [-0.39, 0.29) is 37.4 Å². The van der Waals surface area contributed by atoms with Crippen LogP contribution < -0.4 is 0 Å². The largest absolute Gasteiger partial charge is 0.0499 e. The van der Waals surface area contributed by atoms with E-state index in [1.54, 1.807) is 0 Å². The molecule has 2 aliphatic rings. The minimum absolute atomic E-state index is 0.0602. The van der Waals surface area contributed by atoms with E-state index in [0.717, 1.165) is 0 Å². The zero-order chi connectivity index (χ0) is 7.46. The molecular weight excluding hydrogens is 72.1 g/mol. The zero-order valence-electron chi connectivity index (χ0n) is 7.46. The van der Waals surface area contributed by atoms with Gasteiger partial charge in [-0.15, -0.1) is 0 Å². The molecule has 4 unspecified atom stereocenters. The van der Waals surface area contributed by atoms with Gasteiger partial charge >= 0.3 is 0 Å². The van der Waals surface area contributed by atoms with Crippen LogP contribution in [0, 0.1) is 11.8 Å². The molecule has 2 saturated carbocycles. The van der Waals surface area contributed by atoms with Gasteiger partial charge in [0, 0.05) is 5.48 Å². The number of fused-ring (bicyclic) bond motifs is 1. The summed E-state index contributed by atoms with van der Waals surface area (Å²) < 4.78 is 29.3. The van der Waals surface area contributed by atoms with Crippen LogP contribution in [0.2, 0.25) is 0 Å². The average Bonchev–Trinajstić information content (AvgIpc) is 1.95. The highest BCUT2D eigenvalue weighted by Gasteiger charge is 2.37. The van der Waals surface area contributed by atoms with Crippen molar-refractivity contribution >= 4 is 0 Å². The maximum absolute atomic E-state index is 7.34. The summed E-state index contributed by atoms with van der Waals surface area (Å²) in [6.45, 7) is 0. The van der Waals surface area contributed by atoms with Crippen LogP contribution in [0.5, 0.6) is 0 Å². The quantitative estimate of drug-likeness (QED) is 0.421. The second kappa shape index (κ2) is 0.800. The number of rotatable bonds is 0. The monoisotopic (exact) mass is 86.1 g/mol. The van der Waals surface area contributed by atoms with E-state index >= 15 is 0 Å². The molecule has 0 amide bonds. The molecule has 0 aromatic carbocycles. The predicted molar refractivity (Wildman–Crippen MR) is 25.4 cm³/mol. The fourth-order valence-electron chi connectivity index (χ4n) is 0.864. The summed E-state index contributed by atoms with van der Waals surface area (Å²) in [4.78, 5) is 0. The van der Waals surface area contributed by atoms with Crippen molar-refractivity contribution in [1.29, 1.82) is 0 Å². The second-order valence-corrected chi connectivity index (χ2v) is 1.92. The van der Waals surface area contributed by atoms with Gasteiger partial charge in [0.15, 0.2) is 0 Å². The van der Waals surface area contributed by atoms with E-state index < -0.39 is 0 Å². The third-order valence-corrected chi connectivity index (χ3v) is 1.56. The van der Waals surface area contributed by atoms with E-state index in [2.05, 4.69) is 0 Å². The Kier molecular flexibility index (Phi) is 0.165. The van der Waals surface area contributed by atoms with E-state index in [1.165, 1.54) is 0 Å². The van der Waals surface area contributed by atoms with Crippen molar-refractivity contribution in [2.45, 2.75) is 25.6 Å². The normalized spacial score (nSPS) is 111. The van der Waals surface area contributed by atoms with Gasteiger partial charge in [-0.1, -0.05) is 0 Å². The minimum Gasteiger partial charge on any atom is -0.0499 e. The van der Waals surface area contributed by atoms with Crippen molar-refractivity contribution in [1.82, 2.24) is 0 Å². The molecule has 4 atom stereocenters. The van der Waals surface area contributed by atoms with E-state index in [9.17, 15) is 0 Å². The third-order valence-electron chi connectivity index (χ3n) is 1.56. The number of hydrogen-bond donors (Lipinski definition) is 0. The standard InChI is InChI=1S/C6H10/c1-2-6-4-3-5(1)6/h5-6H,1-4H2/i1D,2D,3D,4D. The lowest BCUT2D eigenvalue weighted by molar-refractivity contribution is 0.0548. The summed E-state index contributed by atoms with van der Waals surface area (Å²) in [6.07, 6.45) is -1.47. The molecule has 2 rings (SSSR count). The maximum Gasteiger partial charge on any atom is 0.0270 e. The number of hydrogen-bond acceptors (Lipinski definition) is 0. The van der Waals surface area contributed by atoms with E-state index in [4.69, 9.17) is 5.48 Å². The molecular formula is C6H10. The molecule has 6 heavy (non-hydrogen) atoms. The Morgan fingerprint density at radius 1 is 1.00 bits per heavy atom. The van der Waals surface area contributed by atoms with Gasteiger partial charge < -0.3 is 0 Å². The summed E-state index contributed by atoms with van der Waals surface area (Å²) >= 11 is 0. The molecule has 0 bridgehead atoms. The summed E-state index contributed by atoms with van der Waals surface area (Å²) in [6, 6.07) is 0. The fourth-order valence-corrected chi connectivity index (χ4v) is 0.864. The van der Waals surface area contributed by atoms with Crippen LogP contribution in [0.15, 0.2) is 0 Å². The van der Waals surface area contributed by atoms with Crippen LogP contribution in [0.1, 0.15) is 31.1 Å². The van der Waals surface area contributed by atoms with Gasteiger partial charge in [0.25, 0.3) is 0 Å². The first kappa shape index (κ1) is 1.24. The van der Waals surface area contributed by atoms with Gasteiger partial charge in [-0.2, -0.15) is 0 Å². The molecule has 0 heterocycles. The van der Waals surface area contributed by atoms with Crippen LogP contribution >= 0.6 is 0 Å². The predicted octanol–water partition coefficient (Wildman–Crippen LogP) is 1.81. The Morgan fingerprint density at radius 3 is 1.67 bits per heavy atom. The summed E-state index contributed by atoms with van der Waals surface area (Å²) in [5.74, 6) is 0.120. The van der Waals surface area contributed by atoms with Crippen LogP contribution in [-0.4, -0.2) is 0 Å². The Labute approximate surface area is 44.2 Å². The highest BCUT2D eigenvalue weighted by atomic mass is 14.4. The first-order chi connectivity index (χ1) is 4.64. The lowest BCUT2D eigenvalue weighted by atomic mass is 9.60. The topological polar surface area (TPSA) is 0 Å². The first-order valence-electron chi connectivity index (χ1n) is 4.64. The van der Waals surface area contributed by atoms with Gasteiger partial charge in [0.1, 0.15) is 0 Å². The minimum atomic E-state index is -0.367. The molecule has 2 aliphatic carbocycles. The maximum atomic E-state index is 7.34. The van der Waals surface area contributed by atoms with Crippen molar-refractivity contribution in [3.05, 3.63) is 0 Å². The van der Waals surface area contributed by atoms with E-state index in [0.29, 0.717) is 0 Å². The molecule has 34 valence electrons. The van der Waals surface area contributed by atoms with Crippen LogP contribution in [0.4, 0.5) is 0 Å². The van der Waals surface area contributed by atoms with Gasteiger partial charge in [-0.3, -0.25) is 0 Å². The highest BCUT2D eigenvalue weighted by molar-refractivity contribution is 4.89. The molecule has 0 aromatic rings. The molecule has 0 aromatic heterocycles. The summed E-state index contributed by atoms with van der Waals surface area (Å²) in [5.41, 5.74) is 0. The molecule has 0 radical (unpaired) electrons. The molecule has 0 nitrogen and oxygen atoms in total. The van der Waals surface area contributed by atoms with Crippen LogP contribution in [0.3, 0.4) is 0 Å². The Balaban J connectivity index is 2.07. The van der Waals surface area contributed by atoms with Gasteiger partial charge in [-0.25, -0.2) is 0 Å². The van der Waals surface area contributed by atoms with Crippen molar-refractivity contribution in [2.75, 3.05) is 0 Å². The van der Waals surface area contributed by atoms with Gasteiger partial charge in [-0.05, 0) is 37.4 Å². The van der Waals surface area contributed by atoms with Gasteiger partial charge in [0.05, 0.1) is 0 Å².